The smallest absolute Gasteiger partial charge is 0.329 e. The summed E-state index contributed by atoms with van der Waals surface area (Å²) >= 11 is 0. The Morgan fingerprint density at radius 1 is 1.00 bits per heavy atom. The minimum Gasteiger partial charge on any atom is -0.480 e. The number of aliphatic carboxylic acids is 1. The van der Waals surface area contributed by atoms with Crippen LogP contribution < -0.4 is 0 Å². The number of carbonyl (C=O) groups is 1. The first-order chi connectivity index (χ1) is 8.79. The fourth-order valence-corrected chi connectivity index (χ4v) is 1.35. The van der Waals surface area contributed by atoms with Gasteiger partial charge < -0.3 is 28.8 Å². The van der Waals surface area contributed by atoms with E-state index in [9.17, 15) is 4.79 Å². The van der Waals surface area contributed by atoms with Crippen molar-refractivity contribution in [2.75, 3.05) is 52.9 Å². The van der Waals surface area contributed by atoms with E-state index >= 15 is 0 Å². The van der Waals surface area contributed by atoms with Gasteiger partial charge >= 0.3 is 5.97 Å². The van der Waals surface area contributed by atoms with Gasteiger partial charge in [0.15, 0.2) is 6.29 Å². The quantitative estimate of drug-likeness (QED) is 0.521. The molecule has 1 N–H and O–H groups in total. The molecule has 1 rings (SSSR count). The van der Waals surface area contributed by atoms with Gasteiger partial charge in [-0.25, -0.2) is 4.79 Å². The maximum atomic E-state index is 10.1. The van der Waals surface area contributed by atoms with Crippen molar-refractivity contribution < 1.29 is 33.6 Å². The summed E-state index contributed by atoms with van der Waals surface area (Å²) in [4.78, 5) is 10.1. The molecule has 0 unspecified atom stereocenters. The molecule has 1 saturated heterocycles. The summed E-state index contributed by atoms with van der Waals surface area (Å²) in [6, 6.07) is 0. The molecule has 1 aliphatic heterocycles. The van der Waals surface area contributed by atoms with Crippen molar-refractivity contribution >= 4 is 5.97 Å². The van der Waals surface area contributed by atoms with Crippen LogP contribution in [0.1, 0.15) is 6.42 Å². The molecule has 0 aromatic carbocycles. The van der Waals surface area contributed by atoms with Crippen LogP contribution in [0, 0.1) is 0 Å². The Kier molecular flexibility index (Phi) is 8.70. The van der Waals surface area contributed by atoms with Crippen LogP contribution in [0.15, 0.2) is 0 Å². The van der Waals surface area contributed by atoms with Crippen LogP contribution in [-0.2, 0) is 28.5 Å². The second-order valence-corrected chi connectivity index (χ2v) is 3.63. The molecular formula is C11H20O7. The third kappa shape index (κ3) is 8.37. The van der Waals surface area contributed by atoms with Crippen molar-refractivity contribution in [2.45, 2.75) is 12.7 Å². The summed E-state index contributed by atoms with van der Waals surface area (Å²) in [5.41, 5.74) is 0. The van der Waals surface area contributed by atoms with Crippen molar-refractivity contribution in [3.63, 3.8) is 0 Å². The number of hydrogen-bond acceptors (Lipinski definition) is 6. The lowest BCUT2D eigenvalue weighted by Gasteiger charge is -2.09. The van der Waals surface area contributed by atoms with E-state index in [2.05, 4.69) is 0 Å². The Bertz CT molecular complexity index is 215. The molecule has 0 bridgehead atoms. The summed E-state index contributed by atoms with van der Waals surface area (Å²) in [6.07, 6.45) is 0.595. The molecule has 1 aliphatic rings. The topological polar surface area (TPSA) is 83.5 Å². The Hall–Kier alpha value is -0.730. The normalized spacial score (nSPS) is 16.2. The minimum atomic E-state index is -0.977. The number of hydrogen-bond donors (Lipinski definition) is 1. The number of rotatable bonds is 11. The Morgan fingerprint density at radius 3 is 2.17 bits per heavy atom. The Labute approximate surface area is 106 Å². The van der Waals surface area contributed by atoms with E-state index < -0.39 is 5.97 Å². The second-order valence-electron chi connectivity index (χ2n) is 3.63. The third-order valence-electron chi connectivity index (χ3n) is 2.16. The summed E-state index contributed by atoms with van der Waals surface area (Å²) in [5.74, 6) is -0.977. The zero-order chi connectivity index (χ0) is 13.1. The summed E-state index contributed by atoms with van der Waals surface area (Å²) in [7, 11) is 0. The second kappa shape index (κ2) is 10.2. The Morgan fingerprint density at radius 2 is 1.56 bits per heavy atom. The first-order valence-corrected chi connectivity index (χ1v) is 5.97. The van der Waals surface area contributed by atoms with E-state index in [1.54, 1.807) is 0 Å². The first kappa shape index (κ1) is 15.3. The molecule has 7 nitrogen and oxygen atoms in total. The predicted molar refractivity (Wildman–Crippen MR) is 60.4 cm³/mol. The first-order valence-electron chi connectivity index (χ1n) is 5.97. The lowest BCUT2D eigenvalue weighted by Crippen LogP contribution is -2.15. The van der Waals surface area contributed by atoms with Crippen molar-refractivity contribution in [1.29, 1.82) is 0 Å². The molecule has 0 atom stereocenters. The number of carboxylic acids is 1. The Balaban J connectivity index is 1.72. The van der Waals surface area contributed by atoms with Crippen LogP contribution in [0.5, 0.6) is 0 Å². The van der Waals surface area contributed by atoms with E-state index in [0.29, 0.717) is 39.6 Å². The van der Waals surface area contributed by atoms with E-state index in [1.165, 1.54) is 0 Å². The molecule has 0 aliphatic carbocycles. The van der Waals surface area contributed by atoms with Crippen molar-refractivity contribution in [3.8, 4) is 0 Å². The van der Waals surface area contributed by atoms with E-state index in [-0.39, 0.29) is 19.5 Å². The lowest BCUT2D eigenvalue weighted by atomic mass is 10.4. The minimum absolute atomic E-state index is 0.129. The molecule has 7 heteroatoms. The largest absolute Gasteiger partial charge is 0.480 e. The van der Waals surface area contributed by atoms with Gasteiger partial charge in [-0.3, -0.25) is 0 Å². The molecule has 1 fully saturated rings. The van der Waals surface area contributed by atoms with Gasteiger partial charge in [0.1, 0.15) is 6.61 Å². The summed E-state index contributed by atoms with van der Waals surface area (Å²) in [6.45, 7) is 3.19. The molecule has 0 aromatic heterocycles. The van der Waals surface area contributed by atoms with Crippen LogP contribution >= 0.6 is 0 Å². The van der Waals surface area contributed by atoms with Gasteiger partial charge in [0, 0.05) is 6.42 Å². The fraction of sp³-hybridized carbons (Fsp3) is 0.909. The maximum Gasteiger partial charge on any atom is 0.329 e. The average molecular weight is 264 g/mol. The molecule has 0 radical (unpaired) electrons. The van der Waals surface area contributed by atoms with Gasteiger partial charge in [0.05, 0.1) is 46.2 Å². The zero-order valence-corrected chi connectivity index (χ0v) is 10.3. The van der Waals surface area contributed by atoms with Gasteiger partial charge in [0.2, 0.25) is 0 Å². The van der Waals surface area contributed by atoms with Gasteiger partial charge in [-0.1, -0.05) is 0 Å². The molecule has 18 heavy (non-hydrogen) atoms. The SMILES string of the molecule is O=C(O)COCCOCCOCCC1OCCO1. The van der Waals surface area contributed by atoms with Crippen LogP contribution in [0.25, 0.3) is 0 Å². The average Bonchev–Trinajstić information content (AvgIpc) is 2.84. The summed E-state index contributed by atoms with van der Waals surface area (Å²) in [5, 5.41) is 8.30. The standard InChI is InChI=1S/C11H20O7/c12-10(13)9-16-6-5-15-4-3-14-2-1-11-17-7-8-18-11/h11H,1-9H2,(H,12,13). The van der Waals surface area contributed by atoms with Crippen molar-refractivity contribution in [2.24, 2.45) is 0 Å². The summed E-state index contributed by atoms with van der Waals surface area (Å²) < 4.78 is 25.8. The highest BCUT2D eigenvalue weighted by Gasteiger charge is 2.14. The fourth-order valence-electron chi connectivity index (χ4n) is 1.35. The lowest BCUT2D eigenvalue weighted by molar-refractivity contribution is -0.142. The van der Waals surface area contributed by atoms with E-state index in [0.717, 1.165) is 6.42 Å². The van der Waals surface area contributed by atoms with Gasteiger partial charge in [0.25, 0.3) is 0 Å². The van der Waals surface area contributed by atoms with E-state index in [4.69, 9.17) is 28.8 Å². The monoisotopic (exact) mass is 264 g/mol. The van der Waals surface area contributed by atoms with Gasteiger partial charge in [-0.2, -0.15) is 0 Å². The third-order valence-corrected chi connectivity index (χ3v) is 2.16. The van der Waals surface area contributed by atoms with Crippen LogP contribution in [0.4, 0.5) is 0 Å². The highest BCUT2D eigenvalue weighted by Crippen LogP contribution is 2.07. The zero-order valence-electron chi connectivity index (χ0n) is 10.3. The maximum absolute atomic E-state index is 10.1. The predicted octanol–water partition coefficient (Wildman–Crippen LogP) is -0.116. The highest BCUT2D eigenvalue weighted by atomic mass is 16.7. The number of carboxylic acid groups (broad SMARTS) is 1. The van der Waals surface area contributed by atoms with Crippen molar-refractivity contribution in [1.82, 2.24) is 0 Å². The molecule has 0 saturated carbocycles. The van der Waals surface area contributed by atoms with Crippen LogP contribution in [-0.4, -0.2) is 70.2 Å². The van der Waals surface area contributed by atoms with Crippen LogP contribution in [0.2, 0.25) is 0 Å². The van der Waals surface area contributed by atoms with Gasteiger partial charge in [-0.05, 0) is 0 Å². The highest BCUT2D eigenvalue weighted by molar-refractivity contribution is 5.67. The van der Waals surface area contributed by atoms with Crippen LogP contribution in [0.3, 0.4) is 0 Å². The molecule has 1 heterocycles. The molecular weight excluding hydrogens is 244 g/mol. The number of ether oxygens (including phenoxy) is 5. The van der Waals surface area contributed by atoms with E-state index in [1.807, 2.05) is 0 Å². The molecule has 0 amide bonds. The molecule has 0 spiro atoms. The van der Waals surface area contributed by atoms with Gasteiger partial charge in [-0.15, -0.1) is 0 Å². The molecule has 0 aromatic rings. The van der Waals surface area contributed by atoms with Crippen molar-refractivity contribution in [3.05, 3.63) is 0 Å². The molecule has 106 valence electrons.